The summed E-state index contributed by atoms with van der Waals surface area (Å²) in [5.74, 6) is -0.0640. The van der Waals surface area contributed by atoms with Crippen molar-refractivity contribution in [2.45, 2.75) is 12.1 Å². The largest absolute Gasteiger partial charge is 0.323 e. The molecular formula is C15H13ClN6OS. The van der Waals surface area contributed by atoms with Crippen molar-refractivity contribution in [3.63, 3.8) is 0 Å². The summed E-state index contributed by atoms with van der Waals surface area (Å²) >= 11 is 7.16. The molecule has 2 aromatic heterocycles. The van der Waals surface area contributed by atoms with Crippen LogP contribution in [0.1, 0.15) is 5.56 Å². The summed E-state index contributed by atoms with van der Waals surface area (Å²) in [5.41, 5.74) is 2.42. The van der Waals surface area contributed by atoms with Crippen LogP contribution in [-0.2, 0) is 4.79 Å². The fourth-order valence-corrected chi connectivity index (χ4v) is 2.84. The molecule has 0 aliphatic heterocycles. The Balaban J connectivity index is 1.67. The fraction of sp³-hybridized carbons (Fsp3) is 0.133. The molecule has 0 aliphatic carbocycles. The molecule has 0 radical (unpaired) electrons. The van der Waals surface area contributed by atoms with E-state index < -0.39 is 0 Å². The number of anilines is 1. The van der Waals surface area contributed by atoms with Crippen LogP contribution in [0.2, 0.25) is 5.15 Å². The van der Waals surface area contributed by atoms with Gasteiger partial charge in [0.25, 0.3) is 0 Å². The first-order chi connectivity index (χ1) is 11.6. The van der Waals surface area contributed by atoms with Crippen LogP contribution in [0.25, 0.3) is 5.69 Å². The van der Waals surface area contributed by atoms with Crippen LogP contribution in [0.15, 0.2) is 47.8 Å². The van der Waals surface area contributed by atoms with Gasteiger partial charge in [-0.1, -0.05) is 35.5 Å². The number of aryl methyl sites for hydroxylation is 1. The second kappa shape index (κ2) is 7.41. The molecule has 0 spiro atoms. The summed E-state index contributed by atoms with van der Waals surface area (Å²) in [7, 11) is 0. The Labute approximate surface area is 147 Å². The van der Waals surface area contributed by atoms with E-state index in [9.17, 15) is 4.79 Å². The molecule has 1 aromatic carbocycles. The summed E-state index contributed by atoms with van der Waals surface area (Å²) in [6.45, 7) is 1.99. The second-order valence-corrected chi connectivity index (χ2v) is 6.19. The molecule has 0 bridgehead atoms. The van der Waals surface area contributed by atoms with Gasteiger partial charge < -0.3 is 5.32 Å². The quantitative estimate of drug-likeness (QED) is 0.556. The highest BCUT2D eigenvalue weighted by Gasteiger charge is 2.12. The lowest BCUT2D eigenvalue weighted by Crippen LogP contribution is -2.15. The Bertz CT molecular complexity index is 868. The van der Waals surface area contributed by atoms with Crippen molar-refractivity contribution in [3.8, 4) is 5.69 Å². The number of pyridine rings is 1. The summed E-state index contributed by atoms with van der Waals surface area (Å²) in [4.78, 5) is 16.0. The average molecular weight is 361 g/mol. The maximum atomic E-state index is 12.1. The molecule has 2 heterocycles. The first-order valence-corrected chi connectivity index (χ1v) is 8.38. The molecule has 0 atom stereocenters. The van der Waals surface area contributed by atoms with Crippen LogP contribution in [-0.4, -0.2) is 36.9 Å². The van der Waals surface area contributed by atoms with Gasteiger partial charge in [0, 0.05) is 6.20 Å². The van der Waals surface area contributed by atoms with Crippen LogP contribution in [0.3, 0.4) is 0 Å². The summed E-state index contributed by atoms with van der Waals surface area (Å²) in [5, 5.41) is 15.1. The third-order valence-corrected chi connectivity index (χ3v) is 4.27. The standard InChI is InChI=1S/C15H13ClN6OS/c1-10-4-2-5-11(8-10)22-15(19-20-21-22)24-9-13(23)18-12-6-3-7-17-14(12)16/h2-8H,9H2,1H3,(H,18,23). The predicted octanol–water partition coefficient (Wildman–Crippen LogP) is 2.75. The fourth-order valence-electron chi connectivity index (χ4n) is 1.99. The van der Waals surface area contributed by atoms with E-state index in [1.807, 2.05) is 31.2 Å². The van der Waals surface area contributed by atoms with E-state index >= 15 is 0 Å². The molecule has 0 saturated carbocycles. The molecule has 122 valence electrons. The number of aromatic nitrogens is 5. The highest BCUT2D eigenvalue weighted by molar-refractivity contribution is 7.99. The van der Waals surface area contributed by atoms with Crippen molar-refractivity contribution in [3.05, 3.63) is 53.3 Å². The summed E-state index contributed by atoms with van der Waals surface area (Å²) in [6, 6.07) is 11.2. The van der Waals surface area contributed by atoms with Gasteiger partial charge in [0.1, 0.15) is 0 Å². The van der Waals surface area contributed by atoms with E-state index in [0.717, 1.165) is 11.3 Å². The Morgan fingerprint density at radius 1 is 1.33 bits per heavy atom. The molecule has 0 fully saturated rings. The first kappa shape index (κ1) is 16.4. The Morgan fingerprint density at radius 3 is 3.00 bits per heavy atom. The van der Waals surface area contributed by atoms with Crippen molar-refractivity contribution in [2.75, 3.05) is 11.1 Å². The maximum absolute atomic E-state index is 12.1. The third-order valence-electron chi connectivity index (χ3n) is 3.05. The zero-order valence-electron chi connectivity index (χ0n) is 12.7. The van der Waals surface area contributed by atoms with Gasteiger partial charge in [0.15, 0.2) is 5.15 Å². The topological polar surface area (TPSA) is 85.6 Å². The third kappa shape index (κ3) is 3.90. The molecule has 0 saturated heterocycles. The number of hydrogen-bond acceptors (Lipinski definition) is 6. The number of benzene rings is 1. The van der Waals surface area contributed by atoms with Crippen LogP contribution in [0, 0.1) is 6.92 Å². The van der Waals surface area contributed by atoms with E-state index in [0.29, 0.717) is 10.8 Å². The normalized spacial score (nSPS) is 10.6. The zero-order chi connectivity index (χ0) is 16.9. The van der Waals surface area contributed by atoms with Crippen molar-refractivity contribution in [1.29, 1.82) is 0 Å². The molecule has 9 heteroatoms. The van der Waals surface area contributed by atoms with E-state index in [1.165, 1.54) is 11.8 Å². The molecule has 7 nitrogen and oxygen atoms in total. The molecule has 1 amide bonds. The highest BCUT2D eigenvalue weighted by Crippen LogP contribution is 2.21. The number of nitrogens with zero attached hydrogens (tertiary/aromatic N) is 5. The van der Waals surface area contributed by atoms with Gasteiger partial charge >= 0.3 is 0 Å². The highest BCUT2D eigenvalue weighted by atomic mass is 35.5. The molecule has 0 unspecified atom stereocenters. The van der Waals surface area contributed by atoms with E-state index in [1.54, 1.807) is 23.0 Å². The number of nitrogens with one attached hydrogen (secondary N) is 1. The zero-order valence-corrected chi connectivity index (χ0v) is 14.3. The number of carbonyl (C=O) groups excluding carboxylic acids is 1. The first-order valence-electron chi connectivity index (χ1n) is 7.02. The summed E-state index contributed by atoms with van der Waals surface area (Å²) in [6.07, 6.45) is 1.56. The number of halogens is 1. The minimum atomic E-state index is -0.214. The van der Waals surface area contributed by atoms with E-state index in [-0.39, 0.29) is 16.8 Å². The minimum Gasteiger partial charge on any atom is -0.323 e. The van der Waals surface area contributed by atoms with Gasteiger partial charge in [-0.2, -0.15) is 4.68 Å². The maximum Gasteiger partial charge on any atom is 0.234 e. The Morgan fingerprint density at radius 2 is 2.21 bits per heavy atom. The van der Waals surface area contributed by atoms with E-state index in [4.69, 9.17) is 11.6 Å². The number of amides is 1. The number of tetrazole rings is 1. The predicted molar refractivity (Wildman–Crippen MR) is 92.5 cm³/mol. The Kier molecular flexibility index (Phi) is 5.07. The molecule has 1 N–H and O–H groups in total. The average Bonchev–Trinajstić information content (AvgIpc) is 3.04. The van der Waals surface area contributed by atoms with Gasteiger partial charge in [-0.25, -0.2) is 4.98 Å². The van der Waals surface area contributed by atoms with Crippen LogP contribution >= 0.6 is 23.4 Å². The van der Waals surface area contributed by atoms with Crippen molar-refractivity contribution < 1.29 is 4.79 Å². The number of carbonyl (C=O) groups is 1. The van der Waals surface area contributed by atoms with Crippen molar-refractivity contribution >= 4 is 35.0 Å². The molecular weight excluding hydrogens is 348 g/mol. The molecule has 3 aromatic rings. The lowest BCUT2D eigenvalue weighted by atomic mass is 10.2. The number of rotatable bonds is 5. The SMILES string of the molecule is Cc1cccc(-n2nnnc2SCC(=O)Nc2cccnc2Cl)c1. The van der Waals surface area contributed by atoms with Crippen molar-refractivity contribution in [1.82, 2.24) is 25.2 Å². The molecule has 0 aliphatic rings. The minimum absolute atomic E-state index is 0.150. The second-order valence-electron chi connectivity index (χ2n) is 4.89. The van der Waals surface area contributed by atoms with E-state index in [2.05, 4.69) is 25.8 Å². The van der Waals surface area contributed by atoms with Crippen LogP contribution < -0.4 is 5.32 Å². The smallest absolute Gasteiger partial charge is 0.234 e. The Hall–Kier alpha value is -2.45. The molecule has 3 rings (SSSR count). The number of thioether (sulfide) groups is 1. The van der Waals surface area contributed by atoms with Crippen LogP contribution in [0.5, 0.6) is 0 Å². The summed E-state index contributed by atoms with van der Waals surface area (Å²) < 4.78 is 1.60. The van der Waals surface area contributed by atoms with Gasteiger partial charge in [0.2, 0.25) is 11.1 Å². The lowest BCUT2D eigenvalue weighted by Gasteiger charge is -2.07. The van der Waals surface area contributed by atoms with Gasteiger partial charge in [0.05, 0.1) is 17.1 Å². The molecule has 24 heavy (non-hydrogen) atoms. The van der Waals surface area contributed by atoms with Crippen molar-refractivity contribution in [2.24, 2.45) is 0 Å². The van der Waals surface area contributed by atoms with Gasteiger partial charge in [-0.15, -0.1) is 5.10 Å². The van der Waals surface area contributed by atoms with Crippen LogP contribution in [0.4, 0.5) is 5.69 Å². The van der Waals surface area contributed by atoms with Gasteiger partial charge in [-0.05, 0) is 47.2 Å². The lowest BCUT2D eigenvalue weighted by molar-refractivity contribution is -0.113. The number of hydrogen-bond donors (Lipinski definition) is 1. The van der Waals surface area contributed by atoms with Gasteiger partial charge in [-0.3, -0.25) is 4.79 Å². The monoisotopic (exact) mass is 360 g/mol.